The topological polar surface area (TPSA) is 84.9 Å². The van der Waals surface area contributed by atoms with E-state index in [1.165, 1.54) is 0 Å². The minimum Gasteiger partial charge on any atom is -0.494 e. The lowest BCUT2D eigenvalue weighted by Crippen LogP contribution is -2.22. The Balaban J connectivity index is 1.75. The Hall–Kier alpha value is -3.02. The third-order valence-electron chi connectivity index (χ3n) is 3.49. The third-order valence-corrected chi connectivity index (χ3v) is 3.49. The van der Waals surface area contributed by atoms with E-state index in [2.05, 4.69) is 5.32 Å². The van der Waals surface area contributed by atoms with Gasteiger partial charge in [-0.1, -0.05) is 25.1 Å². The summed E-state index contributed by atoms with van der Waals surface area (Å²) in [5.74, 6) is -0.122. The predicted molar refractivity (Wildman–Crippen MR) is 93.9 cm³/mol. The number of carboxylic acids is 1. The maximum absolute atomic E-state index is 12.2. The van der Waals surface area contributed by atoms with Gasteiger partial charge in [0, 0.05) is 11.6 Å². The van der Waals surface area contributed by atoms with Gasteiger partial charge in [-0.25, -0.2) is 4.79 Å². The molecule has 0 saturated heterocycles. The van der Waals surface area contributed by atoms with E-state index < -0.39 is 12.6 Å². The van der Waals surface area contributed by atoms with Crippen LogP contribution in [0.4, 0.5) is 5.69 Å². The monoisotopic (exact) mass is 343 g/mol. The Morgan fingerprint density at radius 3 is 2.28 bits per heavy atom. The van der Waals surface area contributed by atoms with E-state index in [9.17, 15) is 9.59 Å². The fraction of sp³-hybridized carbons (Fsp3) is 0.263. The van der Waals surface area contributed by atoms with Crippen LogP contribution in [0.3, 0.4) is 0 Å². The van der Waals surface area contributed by atoms with E-state index in [-0.39, 0.29) is 11.8 Å². The van der Waals surface area contributed by atoms with Gasteiger partial charge < -0.3 is 19.9 Å². The highest BCUT2D eigenvalue weighted by atomic mass is 16.5. The second-order valence-electron chi connectivity index (χ2n) is 5.55. The van der Waals surface area contributed by atoms with Crippen molar-refractivity contribution >= 4 is 17.6 Å². The van der Waals surface area contributed by atoms with Gasteiger partial charge >= 0.3 is 5.97 Å². The molecule has 2 aromatic carbocycles. The standard InChI is InChI=1S/C19H21NO5/c1-14(11-12-24-16-5-3-2-4-6-16)19(23)20-15-7-9-17(10-8-15)25-13-18(21)22/h2-10,14H,11-13H2,1H3,(H,20,23)(H,21,22). The van der Waals surface area contributed by atoms with Crippen LogP contribution in [0.1, 0.15) is 13.3 Å². The van der Waals surface area contributed by atoms with Gasteiger partial charge in [0.2, 0.25) is 5.91 Å². The van der Waals surface area contributed by atoms with Crippen molar-refractivity contribution in [1.82, 2.24) is 0 Å². The molecule has 0 bridgehead atoms. The van der Waals surface area contributed by atoms with Crippen LogP contribution in [0.5, 0.6) is 11.5 Å². The molecule has 132 valence electrons. The van der Waals surface area contributed by atoms with Gasteiger partial charge in [0.05, 0.1) is 6.61 Å². The number of benzene rings is 2. The highest BCUT2D eigenvalue weighted by Gasteiger charge is 2.13. The van der Waals surface area contributed by atoms with E-state index in [1.807, 2.05) is 37.3 Å². The highest BCUT2D eigenvalue weighted by molar-refractivity contribution is 5.92. The molecule has 0 aromatic heterocycles. The molecule has 0 radical (unpaired) electrons. The molecule has 0 spiro atoms. The normalized spacial score (nSPS) is 11.4. The maximum Gasteiger partial charge on any atom is 0.341 e. The first-order valence-electron chi connectivity index (χ1n) is 7.98. The summed E-state index contributed by atoms with van der Waals surface area (Å²) < 4.78 is 10.6. The SMILES string of the molecule is CC(CCOc1ccccc1)C(=O)Nc1ccc(OCC(=O)O)cc1. The van der Waals surface area contributed by atoms with Crippen LogP contribution in [0.15, 0.2) is 54.6 Å². The largest absolute Gasteiger partial charge is 0.494 e. The number of ether oxygens (including phenoxy) is 2. The summed E-state index contributed by atoms with van der Waals surface area (Å²) >= 11 is 0. The van der Waals surface area contributed by atoms with Crippen molar-refractivity contribution in [2.24, 2.45) is 5.92 Å². The van der Waals surface area contributed by atoms with Crippen molar-refractivity contribution in [1.29, 1.82) is 0 Å². The van der Waals surface area contributed by atoms with E-state index in [4.69, 9.17) is 14.6 Å². The minimum atomic E-state index is -1.04. The molecule has 0 heterocycles. The van der Waals surface area contributed by atoms with E-state index in [0.29, 0.717) is 24.5 Å². The average Bonchev–Trinajstić information content (AvgIpc) is 2.62. The smallest absolute Gasteiger partial charge is 0.341 e. The lowest BCUT2D eigenvalue weighted by atomic mass is 10.1. The lowest BCUT2D eigenvalue weighted by Gasteiger charge is -2.13. The molecular formula is C19H21NO5. The second-order valence-corrected chi connectivity index (χ2v) is 5.55. The summed E-state index contributed by atoms with van der Waals surface area (Å²) in [5.41, 5.74) is 0.628. The molecule has 0 saturated carbocycles. The van der Waals surface area contributed by atoms with Crippen molar-refractivity contribution in [3.63, 3.8) is 0 Å². The van der Waals surface area contributed by atoms with Crippen LogP contribution in [0.2, 0.25) is 0 Å². The Labute approximate surface area is 146 Å². The zero-order chi connectivity index (χ0) is 18.1. The first kappa shape index (κ1) is 18.3. The molecule has 1 unspecified atom stereocenters. The number of para-hydroxylation sites is 1. The van der Waals surface area contributed by atoms with Gasteiger partial charge in [-0.2, -0.15) is 0 Å². The molecule has 1 atom stereocenters. The Kier molecular flexibility index (Phi) is 6.83. The van der Waals surface area contributed by atoms with Crippen LogP contribution in [-0.2, 0) is 9.59 Å². The maximum atomic E-state index is 12.2. The van der Waals surface area contributed by atoms with E-state index in [0.717, 1.165) is 5.75 Å². The molecule has 0 aliphatic heterocycles. The molecule has 1 amide bonds. The number of hydrogen-bond acceptors (Lipinski definition) is 4. The molecule has 0 fully saturated rings. The number of amides is 1. The molecule has 0 aliphatic carbocycles. The number of nitrogens with one attached hydrogen (secondary N) is 1. The van der Waals surface area contributed by atoms with E-state index >= 15 is 0 Å². The van der Waals surface area contributed by atoms with Gasteiger partial charge in [-0.15, -0.1) is 0 Å². The van der Waals surface area contributed by atoms with Crippen molar-refractivity contribution in [3.8, 4) is 11.5 Å². The van der Waals surface area contributed by atoms with Gasteiger partial charge in [0.25, 0.3) is 0 Å². The number of anilines is 1. The highest BCUT2D eigenvalue weighted by Crippen LogP contribution is 2.17. The molecular weight excluding hydrogens is 322 g/mol. The number of hydrogen-bond donors (Lipinski definition) is 2. The van der Waals surface area contributed by atoms with Crippen LogP contribution >= 0.6 is 0 Å². The molecule has 2 rings (SSSR count). The number of carboxylic acid groups (broad SMARTS) is 1. The first-order chi connectivity index (χ1) is 12.0. The van der Waals surface area contributed by atoms with Crippen molar-refractivity contribution in [2.75, 3.05) is 18.5 Å². The Bertz CT molecular complexity index is 685. The summed E-state index contributed by atoms with van der Waals surface area (Å²) in [6.45, 7) is 1.90. The third kappa shape index (κ3) is 6.55. The molecule has 2 N–H and O–H groups in total. The van der Waals surface area contributed by atoms with Crippen LogP contribution in [-0.4, -0.2) is 30.2 Å². The summed E-state index contributed by atoms with van der Waals surface area (Å²) in [6, 6.07) is 16.0. The van der Waals surface area contributed by atoms with E-state index in [1.54, 1.807) is 24.3 Å². The molecule has 6 nitrogen and oxygen atoms in total. The molecule has 0 aliphatic rings. The van der Waals surface area contributed by atoms with Crippen LogP contribution < -0.4 is 14.8 Å². The number of carbonyl (C=O) groups is 2. The summed E-state index contributed by atoms with van der Waals surface area (Å²) in [7, 11) is 0. The molecule has 6 heteroatoms. The predicted octanol–water partition coefficient (Wildman–Crippen LogP) is 3.19. The number of carbonyl (C=O) groups excluding carboxylic acids is 1. The number of rotatable bonds is 9. The van der Waals surface area contributed by atoms with Gasteiger partial charge in [-0.05, 0) is 42.8 Å². The van der Waals surface area contributed by atoms with Gasteiger partial charge in [0.15, 0.2) is 6.61 Å². The van der Waals surface area contributed by atoms with Gasteiger partial charge in [0.1, 0.15) is 11.5 Å². The Morgan fingerprint density at radius 1 is 1.00 bits per heavy atom. The van der Waals surface area contributed by atoms with Gasteiger partial charge in [-0.3, -0.25) is 4.79 Å². The average molecular weight is 343 g/mol. The fourth-order valence-corrected chi connectivity index (χ4v) is 2.05. The molecule has 25 heavy (non-hydrogen) atoms. The summed E-state index contributed by atoms with van der Waals surface area (Å²) in [5, 5.41) is 11.4. The molecule has 2 aromatic rings. The first-order valence-corrected chi connectivity index (χ1v) is 7.98. The van der Waals surface area contributed by atoms with Crippen molar-refractivity contribution in [3.05, 3.63) is 54.6 Å². The second kappa shape index (κ2) is 9.32. The van der Waals surface area contributed by atoms with Crippen molar-refractivity contribution < 1.29 is 24.2 Å². The van der Waals surface area contributed by atoms with Crippen LogP contribution in [0.25, 0.3) is 0 Å². The number of aliphatic carboxylic acids is 1. The van der Waals surface area contributed by atoms with Crippen molar-refractivity contribution in [2.45, 2.75) is 13.3 Å². The lowest BCUT2D eigenvalue weighted by molar-refractivity contribution is -0.139. The minimum absolute atomic E-state index is 0.101. The quantitative estimate of drug-likeness (QED) is 0.730. The summed E-state index contributed by atoms with van der Waals surface area (Å²) in [6.07, 6.45) is 0.598. The summed E-state index contributed by atoms with van der Waals surface area (Å²) in [4.78, 5) is 22.6. The zero-order valence-corrected chi connectivity index (χ0v) is 14.0. The van der Waals surface area contributed by atoms with Crippen LogP contribution in [0, 0.1) is 5.92 Å². The Morgan fingerprint density at radius 2 is 1.64 bits per heavy atom. The fourth-order valence-electron chi connectivity index (χ4n) is 2.05. The zero-order valence-electron chi connectivity index (χ0n) is 14.0.